The molecule has 1 unspecified atom stereocenters. The number of ketones is 1. The SMILES string of the molecule is CCCOc1ccc(/C(O)=C2/C(=O)C(=O)N(CCN3CCOCC3)C2c2ccc(Cl)cc2)c(C)c1. The first-order chi connectivity index (χ1) is 16.9. The Kier molecular flexibility index (Phi) is 8.11. The second-order valence-electron chi connectivity index (χ2n) is 8.82. The van der Waals surface area contributed by atoms with Crippen molar-refractivity contribution in [2.45, 2.75) is 26.3 Å². The summed E-state index contributed by atoms with van der Waals surface area (Å²) in [5, 5.41) is 11.9. The van der Waals surface area contributed by atoms with Gasteiger partial charge in [-0.05, 0) is 54.8 Å². The minimum Gasteiger partial charge on any atom is -0.507 e. The first-order valence-electron chi connectivity index (χ1n) is 12.0. The molecule has 2 fully saturated rings. The van der Waals surface area contributed by atoms with Crippen molar-refractivity contribution in [1.29, 1.82) is 0 Å². The van der Waals surface area contributed by atoms with E-state index in [1.54, 1.807) is 41.3 Å². The Morgan fingerprint density at radius 1 is 1.11 bits per heavy atom. The molecule has 2 aliphatic heterocycles. The van der Waals surface area contributed by atoms with Gasteiger partial charge in [0.05, 0.1) is 31.4 Å². The number of morpholine rings is 1. The summed E-state index contributed by atoms with van der Waals surface area (Å²) in [6, 6.07) is 11.7. The van der Waals surface area contributed by atoms with Crippen LogP contribution in [0.5, 0.6) is 5.75 Å². The molecular weight excluding hydrogens is 468 g/mol. The van der Waals surface area contributed by atoms with Gasteiger partial charge in [-0.3, -0.25) is 14.5 Å². The van der Waals surface area contributed by atoms with Gasteiger partial charge in [-0.1, -0.05) is 30.7 Å². The van der Waals surface area contributed by atoms with Crippen LogP contribution in [-0.4, -0.2) is 72.6 Å². The van der Waals surface area contributed by atoms with Crippen molar-refractivity contribution in [2.75, 3.05) is 46.0 Å². The van der Waals surface area contributed by atoms with Crippen LogP contribution in [0.25, 0.3) is 5.76 Å². The average Bonchev–Trinajstić information content (AvgIpc) is 3.12. The number of nitrogens with zero attached hydrogens (tertiary/aromatic N) is 2. The maximum absolute atomic E-state index is 13.3. The van der Waals surface area contributed by atoms with Gasteiger partial charge in [0, 0.05) is 36.8 Å². The number of aliphatic hydroxyl groups excluding tert-OH is 1. The van der Waals surface area contributed by atoms with Gasteiger partial charge in [-0.25, -0.2) is 0 Å². The Bertz CT molecular complexity index is 1110. The molecule has 0 aliphatic carbocycles. The van der Waals surface area contributed by atoms with E-state index in [-0.39, 0.29) is 11.3 Å². The summed E-state index contributed by atoms with van der Waals surface area (Å²) < 4.78 is 11.1. The van der Waals surface area contributed by atoms with E-state index in [2.05, 4.69) is 4.90 Å². The number of carbonyl (C=O) groups excluding carboxylic acids is 2. The van der Waals surface area contributed by atoms with Crippen molar-refractivity contribution in [2.24, 2.45) is 0 Å². The number of benzene rings is 2. The molecule has 2 heterocycles. The van der Waals surface area contributed by atoms with Crippen molar-refractivity contribution in [1.82, 2.24) is 9.80 Å². The van der Waals surface area contributed by atoms with Crippen LogP contribution in [-0.2, 0) is 14.3 Å². The quantitative estimate of drug-likeness (QED) is 0.334. The first kappa shape index (κ1) is 25.2. The van der Waals surface area contributed by atoms with E-state index in [9.17, 15) is 14.7 Å². The number of halogens is 1. The molecule has 186 valence electrons. The summed E-state index contributed by atoms with van der Waals surface area (Å²) in [6.07, 6.45) is 0.885. The Hall–Kier alpha value is -2.87. The summed E-state index contributed by atoms with van der Waals surface area (Å²) in [7, 11) is 0. The monoisotopic (exact) mass is 498 g/mol. The number of carbonyl (C=O) groups is 2. The molecular formula is C27H31ClN2O5. The zero-order valence-corrected chi connectivity index (χ0v) is 20.9. The van der Waals surface area contributed by atoms with Crippen molar-refractivity contribution >= 4 is 29.1 Å². The fourth-order valence-corrected chi connectivity index (χ4v) is 4.66. The molecule has 1 amide bonds. The zero-order chi connectivity index (χ0) is 24.9. The standard InChI is InChI=1S/C27H31ClN2O5/c1-3-14-35-21-8-9-22(18(2)17-21)25(31)23-24(19-4-6-20(28)7-5-19)30(27(33)26(23)32)11-10-29-12-15-34-16-13-29/h4-9,17,24,31H,3,10-16H2,1-2H3/b25-23-. The molecule has 2 saturated heterocycles. The molecule has 2 aliphatic rings. The molecule has 1 atom stereocenters. The van der Waals surface area contributed by atoms with Gasteiger partial charge in [0.25, 0.3) is 11.7 Å². The average molecular weight is 499 g/mol. The third-order valence-corrected chi connectivity index (χ3v) is 6.66. The summed E-state index contributed by atoms with van der Waals surface area (Å²) in [6.45, 7) is 8.30. The minimum atomic E-state index is -0.705. The van der Waals surface area contributed by atoms with Crippen LogP contribution in [0.4, 0.5) is 0 Å². The second kappa shape index (κ2) is 11.2. The van der Waals surface area contributed by atoms with E-state index in [1.807, 2.05) is 19.9 Å². The number of aryl methyl sites for hydroxylation is 1. The van der Waals surface area contributed by atoms with Gasteiger partial charge < -0.3 is 19.5 Å². The molecule has 0 spiro atoms. The highest BCUT2D eigenvalue weighted by Crippen LogP contribution is 2.40. The number of ether oxygens (including phenoxy) is 2. The maximum atomic E-state index is 13.3. The highest BCUT2D eigenvalue weighted by Gasteiger charge is 2.46. The van der Waals surface area contributed by atoms with E-state index in [0.717, 1.165) is 30.6 Å². The maximum Gasteiger partial charge on any atom is 0.295 e. The molecule has 0 aromatic heterocycles. The summed E-state index contributed by atoms with van der Waals surface area (Å²) in [5.41, 5.74) is 2.06. The Balaban J connectivity index is 1.71. The van der Waals surface area contributed by atoms with Crippen molar-refractivity contribution in [3.63, 3.8) is 0 Å². The molecule has 4 rings (SSSR count). The molecule has 0 saturated carbocycles. The Morgan fingerprint density at radius 2 is 1.83 bits per heavy atom. The Morgan fingerprint density at radius 3 is 2.49 bits per heavy atom. The summed E-state index contributed by atoms with van der Waals surface area (Å²) in [5.74, 6) is -0.784. The van der Waals surface area contributed by atoms with Gasteiger partial charge in [0.1, 0.15) is 11.5 Å². The van der Waals surface area contributed by atoms with Gasteiger partial charge in [0.15, 0.2) is 0 Å². The molecule has 1 N–H and O–H groups in total. The van der Waals surface area contributed by atoms with Crippen LogP contribution < -0.4 is 4.74 Å². The van der Waals surface area contributed by atoms with Crippen LogP contribution in [0.3, 0.4) is 0 Å². The number of likely N-dealkylation sites (tertiary alicyclic amines) is 1. The lowest BCUT2D eigenvalue weighted by Crippen LogP contribution is -2.42. The second-order valence-corrected chi connectivity index (χ2v) is 9.26. The third-order valence-electron chi connectivity index (χ3n) is 6.41. The van der Waals surface area contributed by atoms with Crippen molar-refractivity contribution in [3.05, 3.63) is 69.8 Å². The molecule has 0 bridgehead atoms. The van der Waals surface area contributed by atoms with Crippen LogP contribution in [0.1, 0.15) is 36.1 Å². The number of amides is 1. The van der Waals surface area contributed by atoms with Crippen molar-refractivity contribution < 1.29 is 24.2 Å². The molecule has 2 aromatic carbocycles. The first-order valence-corrected chi connectivity index (χ1v) is 12.4. The predicted octanol–water partition coefficient (Wildman–Crippen LogP) is 4.19. The van der Waals surface area contributed by atoms with E-state index in [1.165, 1.54) is 0 Å². The lowest BCUT2D eigenvalue weighted by Gasteiger charge is -2.31. The highest BCUT2D eigenvalue weighted by atomic mass is 35.5. The third kappa shape index (κ3) is 5.53. The van der Waals surface area contributed by atoms with E-state index in [4.69, 9.17) is 21.1 Å². The predicted molar refractivity (Wildman–Crippen MR) is 135 cm³/mol. The normalized spacial score (nSPS) is 20.4. The number of aliphatic hydroxyl groups is 1. The van der Waals surface area contributed by atoms with E-state index in [0.29, 0.717) is 49.2 Å². The molecule has 35 heavy (non-hydrogen) atoms. The fourth-order valence-electron chi connectivity index (χ4n) is 4.53. The van der Waals surface area contributed by atoms with Crippen LogP contribution >= 0.6 is 11.6 Å². The van der Waals surface area contributed by atoms with Crippen LogP contribution in [0, 0.1) is 6.92 Å². The number of hydrogen-bond acceptors (Lipinski definition) is 6. The summed E-state index contributed by atoms with van der Waals surface area (Å²) in [4.78, 5) is 30.2. The zero-order valence-electron chi connectivity index (χ0n) is 20.1. The topological polar surface area (TPSA) is 79.3 Å². The molecule has 7 nitrogen and oxygen atoms in total. The van der Waals surface area contributed by atoms with Gasteiger partial charge in [0.2, 0.25) is 0 Å². The molecule has 0 radical (unpaired) electrons. The van der Waals surface area contributed by atoms with Crippen LogP contribution in [0.15, 0.2) is 48.0 Å². The van der Waals surface area contributed by atoms with E-state index < -0.39 is 17.7 Å². The number of Topliss-reactive ketones (excluding diaryl/α,β-unsaturated/α-hetero) is 1. The van der Waals surface area contributed by atoms with Gasteiger partial charge in [-0.15, -0.1) is 0 Å². The minimum absolute atomic E-state index is 0.0876. The lowest BCUT2D eigenvalue weighted by atomic mass is 9.94. The van der Waals surface area contributed by atoms with Gasteiger partial charge in [-0.2, -0.15) is 0 Å². The van der Waals surface area contributed by atoms with Crippen LogP contribution in [0.2, 0.25) is 5.02 Å². The van der Waals surface area contributed by atoms with Crippen molar-refractivity contribution in [3.8, 4) is 5.75 Å². The summed E-state index contributed by atoms with van der Waals surface area (Å²) >= 11 is 6.10. The Labute approximate surface area is 210 Å². The van der Waals surface area contributed by atoms with E-state index >= 15 is 0 Å². The molecule has 8 heteroatoms. The smallest absolute Gasteiger partial charge is 0.295 e. The highest BCUT2D eigenvalue weighted by molar-refractivity contribution is 6.46. The fraction of sp³-hybridized carbons (Fsp3) is 0.407. The molecule has 2 aromatic rings. The van der Waals surface area contributed by atoms with Gasteiger partial charge >= 0.3 is 0 Å². The number of hydrogen-bond donors (Lipinski definition) is 1. The lowest BCUT2D eigenvalue weighted by molar-refractivity contribution is -0.140. The number of rotatable bonds is 8. The largest absolute Gasteiger partial charge is 0.507 e.